The number of nitrogens with one attached hydrogen (secondary N) is 2. The second-order valence-electron chi connectivity index (χ2n) is 8.40. The minimum atomic E-state index is 0. The fourth-order valence-electron chi connectivity index (χ4n) is 3.89. The molecule has 34 heavy (non-hydrogen) atoms. The Morgan fingerprint density at radius 3 is 2.35 bits per heavy atom. The fraction of sp³-hybridized carbons (Fsp3) is 0.320. The average Bonchev–Trinajstić information content (AvgIpc) is 3.21. The van der Waals surface area contributed by atoms with Gasteiger partial charge in [-0.25, -0.2) is 0 Å². The lowest BCUT2D eigenvalue weighted by Gasteiger charge is -2.34. The summed E-state index contributed by atoms with van der Waals surface area (Å²) < 4.78 is 0. The predicted molar refractivity (Wildman–Crippen MR) is 142 cm³/mol. The quantitative estimate of drug-likeness (QED) is 0.535. The lowest BCUT2D eigenvalue weighted by molar-refractivity contribution is -0.123. The maximum Gasteiger partial charge on any atom is 0.253 e. The average molecular weight is 504 g/mol. The number of aromatic nitrogens is 2. The van der Waals surface area contributed by atoms with Crippen LogP contribution >= 0.6 is 24.8 Å². The maximum atomic E-state index is 12.9. The first-order valence-corrected chi connectivity index (χ1v) is 11.0. The molecular formula is C25H31Cl2N5O2. The number of para-hydroxylation sites is 1. The smallest absolute Gasteiger partial charge is 0.253 e. The minimum Gasteiger partial charge on any atom is -0.353 e. The van der Waals surface area contributed by atoms with Gasteiger partial charge in [0, 0.05) is 43.2 Å². The van der Waals surface area contributed by atoms with Crippen molar-refractivity contribution in [3.8, 4) is 0 Å². The number of fused-ring (bicyclic) bond motifs is 1. The van der Waals surface area contributed by atoms with Crippen molar-refractivity contribution in [2.45, 2.75) is 19.9 Å². The molecule has 0 bridgehead atoms. The molecule has 1 aliphatic heterocycles. The van der Waals surface area contributed by atoms with E-state index in [9.17, 15) is 9.59 Å². The van der Waals surface area contributed by atoms with E-state index in [0.717, 1.165) is 22.2 Å². The number of carbonyl (C=O) groups excluding carboxylic acids is 2. The molecule has 9 heteroatoms. The van der Waals surface area contributed by atoms with Crippen LogP contribution in [0.4, 0.5) is 0 Å². The third-order valence-electron chi connectivity index (χ3n) is 5.57. The molecule has 0 atom stereocenters. The predicted octanol–water partition coefficient (Wildman–Crippen LogP) is 3.86. The Hall–Kier alpha value is -2.87. The summed E-state index contributed by atoms with van der Waals surface area (Å²) in [4.78, 5) is 28.8. The number of piperazine rings is 1. The van der Waals surface area contributed by atoms with E-state index in [2.05, 4.69) is 20.4 Å². The van der Waals surface area contributed by atoms with Crippen LogP contribution in [0.2, 0.25) is 0 Å². The number of hydrogen-bond acceptors (Lipinski definition) is 4. The van der Waals surface area contributed by atoms with Crippen LogP contribution < -0.4 is 5.32 Å². The summed E-state index contributed by atoms with van der Waals surface area (Å²) in [6.45, 7) is 6.95. The highest BCUT2D eigenvalue weighted by atomic mass is 35.5. The molecule has 1 aliphatic rings. The SMILES string of the molecule is CC(C)NC(=O)CN1CCN(C(=O)c2ccc(/C=C/c3n[nH]c4ccccc34)cc2)CC1.Cl.Cl. The van der Waals surface area contributed by atoms with Gasteiger partial charge in [-0.3, -0.25) is 19.6 Å². The standard InChI is InChI=1S/C25H29N5O2.2ClH/c1-18(2)26-24(31)17-29-13-15-30(16-14-29)25(32)20-10-7-19(8-11-20)9-12-23-21-5-3-4-6-22(21)27-28-23;;/h3-12,18H,13-17H2,1-2H3,(H,26,31)(H,27,28);2*1H/b12-9+;;. The zero-order valence-corrected chi connectivity index (χ0v) is 21.0. The molecule has 182 valence electrons. The summed E-state index contributed by atoms with van der Waals surface area (Å²) in [6.07, 6.45) is 3.97. The van der Waals surface area contributed by atoms with Crippen molar-refractivity contribution in [2.24, 2.45) is 0 Å². The van der Waals surface area contributed by atoms with Crippen molar-refractivity contribution in [1.29, 1.82) is 0 Å². The lowest BCUT2D eigenvalue weighted by Crippen LogP contribution is -2.51. The number of nitrogens with zero attached hydrogens (tertiary/aromatic N) is 3. The zero-order valence-electron chi connectivity index (χ0n) is 19.4. The number of H-pyrrole nitrogens is 1. The van der Waals surface area contributed by atoms with E-state index in [4.69, 9.17) is 0 Å². The van der Waals surface area contributed by atoms with Crippen molar-refractivity contribution in [1.82, 2.24) is 25.3 Å². The van der Waals surface area contributed by atoms with Gasteiger partial charge in [-0.2, -0.15) is 5.10 Å². The number of aromatic amines is 1. The van der Waals surface area contributed by atoms with Crippen LogP contribution in [0.5, 0.6) is 0 Å². The summed E-state index contributed by atoms with van der Waals surface area (Å²) in [5.41, 5.74) is 3.59. The Bertz CT molecular complexity index is 1120. The molecule has 1 saturated heterocycles. The fourth-order valence-corrected chi connectivity index (χ4v) is 3.89. The Morgan fingerprint density at radius 2 is 1.68 bits per heavy atom. The van der Waals surface area contributed by atoms with Gasteiger partial charge in [-0.1, -0.05) is 36.4 Å². The van der Waals surface area contributed by atoms with Gasteiger partial charge >= 0.3 is 0 Å². The van der Waals surface area contributed by atoms with E-state index in [1.54, 1.807) is 0 Å². The van der Waals surface area contributed by atoms with Crippen LogP contribution in [-0.4, -0.2) is 70.6 Å². The highest BCUT2D eigenvalue weighted by Crippen LogP contribution is 2.18. The van der Waals surface area contributed by atoms with Crippen molar-refractivity contribution < 1.29 is 9.59 Å². The summed E-state index contributed by atoms with van der Waals surface area (Å²) >= 11 is 0. The largest absolute Gasteiger partial charge is 0.353 e. The Kier molecular flexibility index (Phi) is 10.1. The minimum absolute atomic E-state index is 0. The van der Waals surface area contributed by atoms with Gasteiger partial charge in [0.15, 0.2) is 0 Å². The van der Waals surface area contributed by atoms with E-state index in [1.165, 1.54) is 0 Å². The molecule has 0 radical (unpaired) electrons. The topological polar surface area (TPSA) is 81.3 Å². The molecule has 4 rings (SSSR count). The second kappa shape index (κ2) is 12.6. The number of halogens is 2. The molecule has 0 spiro atoms. The molecule has 2 amide bonds. The number of hydrogen-bond donors (Lipinski definition) is 2. The van der Waals surface area contributed by atoms with Crippen molar-refractivity contribution in [3.63, 3.8) is 0 Å². The van der Waals surface area contributed by atoms with Gasteiger partial charge in [0.1, 0.15) is 0 Å². The van der Waals surface area contributed by atoms with Gasteiger partial charge in [0.25, 0.3) is 5.91 Å². The molecular weight excluding hydrogens is 473 g/mol. The highest BCUT2D eigenvalue weighted by molar-refractivity contribution is 5.95. The molecule has 0 aliphatic carbocycles. The Balaban J connectivity index is 0.00000204. The third-order valence-corrected chi connectivity index (χ3v) is 5.57. The highest BCUT2D eigenvalue weighted by Gasteiger charge is 2.23. The first-order valence-electron chi connectivity index (χ1n) is 11.0. The summed E-state index contributed by atoms with van der Waals surface area (Å²) in [6, 6.07) is 15.8. The van der Waals surface area contributed by atoms with Crippen LogP contribution in [0.1, 0.15) is 35.5 Å². The van der Waals surface area contributed by atoms with Gasteiger partial charge in [0.05, 0.1) is 17.8 Å². The van der Waals surface area contributed by atoms with Gasteiger partial charge < -0.3 is 10.2 Å². The van der Waals surface area contributed by atoms with Crippen LogP contribution in [-0.2, 0) is 4.79 Å². The monoisotopic (exact) mass is 503 g/mol. The third kappa shape index (κ3) is 6.82. The number of carbonyl (C=O) groups is 2. The van der Waals surface area contributed by atoms with E-state index < -0.39 is 0 Å². The first kappa shape index (κ1) is 27.4. The van der Waals surface area contributed by atoms with Crippen molar-refractivity contribution in [3.05, 3.63) is 65.4 Å². The molecule has 2 heterocycles. The van der Waals surface area contributed by atoms with E-state index in [0.29, 0.717) is 38.3 Å². The van der Waals surface area contributed by atoms with Crippen molar-refractivity contribution in [2.75, 3.05) is 32.7 Å². The first-order chi connectivity index (χ1) is 15.5. The number of amides is 2. The molecule has 7 nitrogen and oxygen atoms in total. The summed E-state index contributed by atoms with van der Waals surface area (Å²) in [5.74, 6) is 0.0661. The van der Waals surface area contributed by atoms with Crippen LogP contribution in [0.25, 0.3) is 23.1 Å². The Labute approximate surface area is 212 Å². The lowest BCUT2D eigenvalue weighted by atomic mass is 10.1. The molecule has 3 aromatic rings. The van der Waals surface area contributed by atoms with Gasteiger partial charge in [-0.15, -0.1) is 24.8 Å². The Morgan fingerprint density at radius 1 is 1.00 bits per heavy atom. The summed E-state index contributed by atoms with van der Waals surface area (Å²) in [5, 5.41) is 11.4. The molecule has 2 N–H and O–H groups in total. The van der Waals surface area contributed by atoms with E-state index >= 15 is 0 Å². The van der Waals surface area contributed by atoms with Crippen molar-refractivity contribution >= 4 is 59.7 Å². The maximum absolute atomic E-state index is 12.9. The normalized spacial score (nSPS) is 14.1. The molecule has 1 fully saturated rings. The van der Waals surface area contributed by atoms with E-state index in [1.807, 2.05) is 79.4 Å². The molecule has 0 saturated carbocycles. The number of benzene rings is 2. The van der Waals surface area contributed by atoms with Crippen LogP contribution in [0.15, 0.2) is 48.5 Å². The van der Waals surface area contributed by atoms with Gasteiger partial charge in [-0.05, 0) is 43.7 Å². The second-order valence-corrected chi connectivity index (χ2v) is 8.40. The van der Waals surface area contributed by atoms with Gasteiger partial charge in [0.2, 0.25) is 5.91 Å². The zero-order chi connectivity index (χ0) is 22.5. The van der Waals surface area contributed by atoms with Crippen LogP contribution in [0.3, 0.4) is 0 Å². The van der Waals surface area contributed by atoms with Crippen LogP contribution in [0, 0.1) is 0 Å². The molecule has 0 unspecified atom stereocenters. The van der Waals surface area contributed by atoms with E-state index in [-0.39, 0.29) is 42.7 Å². The summed E-state index contributed by atoms with van der Waals surface area (Å²) in [7, 11) is 0. The molecule has 2 aromatic carbocycles. The number of rotatable bonds is 6. The molecule has 1 aromatic heterocycles.